The summed E-state index contributed by atoms with van der Waals surface area (Å²) in [5.41, 5.74) is 0.804. The molecule has 0 spiro atoms. The minimum absolute atomic E-state index is 0.324. The lowest BCUT2D eigenvalue weighted by atomic mass is 9.76. The first-order valence-electron chi connectivity index (χ1n) is 9.43. The Morgan fingerprint density at radius 2 is 1.28 bits per heavy atom. The molecule has 1 aliphatic carbocycles. The van der Waals surface area contributed by atoms with E-state index in [-0.39, 0.29) is 0 Å². The van der Waals surface area contributed by atoms with Gasteiger partial charge in [0.15, 0.2) is 23.3 Å². The van der Waals surface area contributed by atoms with Gasteiger partial charge in [-0.1, -0.05) is 48.5 Å². The first-order chi connectivity index (χ1) is 14.0. The lowest BCUT2D eigenvalue weighted by Crippen LogP contribution is -2.17. The summed E-state index contributed by atoms with van der Waals surface area (Å²) in [6.07, 6.45) is 1.62. The van der Waals surface area contributed by atoms with Crippen molar-refractivity contribution in [2.45, 2.75) is 25.2 Å². The molecule has 0 saturated heterocycles. The van der Waals surface area contributed by atoms with Crippen molar-refractivity contribution in [3.63, 3.8) is 0 Å². The van der Waals surface area contributed by atoms with Crippen molar-refractivity contribution in [1.29, 1.82) is 0 Å². The second-order valence-electron chi connectivity index (χ2n) is 7.44. The van der Waals surface area contributed by atoms with Gasteiger partial charge in [0.2, 0.25) is 5.82 Å². The fourth-order valence-electron chi connectivity index (χ4n) is 4.64. The molecule has 0 heterocycles. The Balaban J connectivity index is 1.78. The first-order valence-corrected chi connectivity index (χ1v) is 9.43. The first kappa shape index (κ1) is 18.1. The molecule has 0 N–H and O–H groups in total. The molecule has 1 atom stereocenters. The third-order valence-electron chi connectivity index (χ3n) is 5.96. The topological polar surface area (TPSA) is 0 Å². The van der Waals surface area contributed by atoms with Crippen molar-refractivity contribution in [2.24, 2.45) is 0 Å². The van der Waals surface area contributed by atoms with E-state index in [2.05, 4.69) is 0 Å². The van der Waals surface area contributed by atoms with Crippen LogP contribution < -0.4 is 0 Å². The quantitative estimate of drug-likeness (QED) is 0.138. The van der Waals surface area contributed by atoms with Gasteiger partial charge in [-0.05, 0) is 51.9 Å². The molecule has 0 fully saturated rings. The molecule has 1 aliphatic rings. The van der Waals surface area contributed by atoms with Gasteiger partial charge >= 0.3 is 0 Å². The maximum atomic E-state index is 14.5. The summed E-state index contributed by atoms with van der Waals surface area (Å²) in [6, 6.07) is 15.5. The molecule has 146 valence electrons. The van der Waals surface area contributed by atoms with E-state index in [9.17, 15) is 22.0 Å². The van der Waals surface area contributed by atoms with Crippen LogP contribution in [0.3, 0.4) is 0 Å². The zero-order valence-electron chi connectivity index (χ0n) is 15.2. The normalized spacial score (nSPS) is 16.4. The lowest BCUT2D eigenvalue weighted by Gasteiger charge is -2.28. The Morgan fingerprint density at radius 3 is 2.03 bits per heavy atom. The van der Waals surface area contributed by atoms with Crippen LogP contribution in [0.4, 0.5) is 22.0 Å². The van der Waals surface area contributed by atoms with Gasteiger partial charge in [0.05, 0.1) is 0 Å². The molecule has 29 heavy (non-hydrogen) atoms. The van der Waals surface area contributed by atoms with E-state index >= 15 is 0 Å². The predicted molar refractivity (Wildman–Crippen MR) is 102 cm³/mol. The van der Waals surface area contributed by atoms with Crippen molar-refractivity contribution in [3.8, 4) is 0 Å². The molecular weight excluding hydrogens is 383 g/mol. The smallest absolute Gasteiger partial charge is 0.200 e. The van der Waals surface area contributed by atoms with Gasteiger partial charge in [-0.2, -0.15) is 0 Å². The number of aryl methyl sites for hydroxylation is 1. The predicted octanol–water partition coefficient (Wildman–Crippen LogP) is 7.16. The van der Waals surface area contributed by atoms with Crippen LogP contribution >= 0.6 is 0 Å². The third kappa shape index (κ3) is 2.56. The fourth-order valence-corrected chi connectivity index (χ4v) is 4.64. The summed E-state index contributed by atoms with van der Waals surface area (Å²) in [7, 11) is 0. The van der Waals surface area contributed by atoms with Gasteiger partial charge < -0.3 is 0 Å². The molecule has 5 heteroatoms. The molecule has 0 aliphatic heterocycles. The molecule has 0 bridgehead atoms. The Bertz CT molecular complexity index is 1260. The highest BCUT2D eigenvalue weighted by atomic mass is 19.2. The molecular formula is C24H15F5. The highest BCUT2D eigenvalue weighted by Crippen LogP contribution is 2.43. The number of hydrogen-bond donors (Lipinski definition) is 0. The molecule has 4 aromatic rings. The zero-order chi connectivity index (χ0) is 20.3. The lowest BCUT2D eigenvalue weighted by molar-refractivity contribution is 0.363. The minimum Gasteiger partial charge on any atom is -0.203 e. The SMILES string of the molecule is Fc1c(F)c(F)c(C2CCCc3c2ccc2c3ccc3ccccc32)c(F)c1F. The fraction of sp³-hybridized carbons (Fsp3) is 0.167. The van der Waals surface area contributed by atoms with Crippen molar-refractivity contribution in [2.75, 3.05) is 0 Å². The molecule has 0 nitrogen and oxygen atoms in total. The van der Waals surface area contributed by atoms with Crippen LogP contribution in [-0.4, -0.2) is 0 Å². The van der Waals surface area contributed by atoms with Crippen LogP contribution in [0.2, 0.25) is 0 Å². The maximum absolute atomic E-state index is 14.5. The van der Waals surface area contributed by atoms with Gasteiger partial charge in [0.1, 0.15) is 0 Å². The summed E-state index contributed by atoms with van der Waals surface area (Å²) in [6.45, 7) is 0. The highest BCUT2D eigenvalue weighted by molar-refractivity contribution is 6.08. The van der Waals surface area contributed by atoms with E-state index in [0.717, 1.165) is 27.1 Å². The molecule has 0 amide bonds. The van der Waals surface area contributed by atoms with Crippen molar-refractivity contribution in [3.05, 3.63) is 94.3 Å². The standard InChI is InChI=1S/C24H15F5/c25-20-19(21(26)23(28)24(29)22(20)27)18-7-3-6-14-16-9-8-12-4-1-2-5-13(12)15(16)10-11-17(14)18/h1-2,4-5,8-11,18H,3,6-7H2. The monoisotopic (exact) mass is 398 g/mol. The Kier molecular flexibility index (Phi) is 4.09. The molecule has 0 saturated carbocycles. The van der Waals surface area contributed by atoms with Gasteiger partial charge in [-0.15, -0.1) is 0 Å². The molecule has 4 aromatic carbocycles. The Morgan fingerprint density at radius 1 is 0.621 bits per heavy atom. The molecule has 1 unspecified atom stereocenters. The van der Waals surface area contributed by atoms with Crippen LogP contribution in [0.15, 0.2) is 48.5 Å². The van der Waals surface area contributed by atoms with Crippen LogP contribution in [0, 0.1) is 29.1 Å². The average Bonchev–Trinajstić information content (AvgIpc) is 2.76. The van der Waals surface area contributed by atoms with Crippen LogP contribution in [0.1, 0.15) is 35.4 Å². The van der Waals surface area contributed by atoms with Crippen molar-refractivity contribution >= 4 is 21.5 Å². The van der Waals surface area contributed by atoms with Gasteiger partial charge in [-0.25, -0.2) is 22.0 Å². The molecule has 0 aromatic heterocycles. The van der Waals surface area contributed by atoms with Gasteiger partial charge in [0, 0.05) is 11.5 Å². The number of fused-ring (bicyclic) bond motifs is 5. The summed E-state index contributed by atoms with van der Waals surface area (Å²) in [5.74, 6) is -10.3. The van der Waals surface area contributed by atoms with Gasteiger partial charge in [0.25, 0.3) is 0 Å². The summed E-state index contributed by atoms with van der Waals surface area (Å²) in [5, 5.41) is 4.10. The second kappa shape index (κ2) is 6.55. The van der Waals surface area contributed by atoms with E-state index < -0.39 is 40.6 Å². The van der Waals surface area contributed by atoms with E-state index in [1.807, 2.05) is 42.5 Å². The summed E-state index contributed by atoms with van der Waals surface area (Å²) in [4.78, 5) is 0. The van der Waals surface area contributed by atoms with E-state index in [1.54, 1.807) is 6.07 Å². The molecule has 0 radical (unpaired) electrons. The Hall–Kier alpha value is -2.95. The second-order valence-corrected chi connectivity index (χ2v) is 7.44. The van der Waals surface area contributed by atoms with Crippen molar-refractivity contribution < 1.29 is 22.0 Å². The third-order valence-corrected chi connectivity index (χ3v) is 5.96. The maximum Gasteiger partial charge on any atom is 0.200 e. The minimum atomic E-state index is -2.12. The van der Waals surface area contributed by atoms with E-state index in [4.69, 9.17) is 0 Å². The van der Waals surface area contributed by atoms with Crippen LogP contribution in [0.25, 0.3) is 21.5 Å². The van der Waals surface area contributed by atoms with E-state index in [1.165, 1.54) is 0 Å². The number of benzene rings is 4. The number of halogens is 5. The molecule has 5 rings (SSSR count). The largest absolute Gasteiger partial charge is 0.203 e. The van der Waals surface area contributed by atoms with Crippen LogP contribution in [0.5, 0.6) is 0 Å². The van der Waals surface area contributed by atoms with Crippen molar-refractivity contribution in [1.82, 2.24) is 0 Å². The summed E-state index contributed by atoms with van der Waals surface area (Å²) >= 11 is 0. The van der Waals surface area contributed by atoms with Gasteiger partial charge in [-0.3, -0.25) is 0 Å². The zero-order valence-corrected chi connectivity index (χ0v) is 15.2. The van der Waals surface area contributed by atoms with E-state index in [0.29, 0.717) is 24.8 Å². The average molecular weight is 398 g/mol. The number of hydrogen-bond acceptors (Lipinski definition) is 0. The Labute approximate surface area is 163 Å². The number of rotatable bonds is 1. The highest BCUT2D eigenvalue weighted by Gasteiger charge is 2.33. The summed E-state index contributed by atoms with van der Waals surface area (Å²) < 4.78 is 70.1. The van der Waals surface area contributed by atoms with Crippen LogP contribution in [-0.2, 0) is 6.42 Å².